The Morgan fingerprint density at radius 1 is 0.963 bits per heavy atom. The number of hydrogen-bond donors (Lipinski definition) is 2. The molecule has 138 valence electrons. The van der Waals surface area contributed by atoms with Crippen LogP contribution in [0.5, 0.6) is 0 Å². The predicted octanol–water partition coefficient (Wildman–Crippen LogP) is 2.88. The number of nitrogens with one attached hydrogen (secondary N) is 2. The Hall–Kier alpha value is -3.61. The topological polar surface area (TPSA) is 93.5 Å². The van der Waals surface area contributed by atoms with E-state index in [2.05, 4.69) is 15.6 Å². The average molecular weight is 365 g/mol. The molecule has 0 saturated carbocycles. The molecular weight excluding hydrogens is 346 g/mol. The second kappa shape index (κ2) is 9.19. The van der Waals surface area contributed by atoms with E-state index in [9.17, 15) is 9.59 Å². The first-order chi connectivity index (χ1) is 13.2. The number of alkyl carbamates (subject to hydrolysis) is 1. The van der Waals surface area contributed by atoms with Crippen molar-refractivity contribution in [3.8, 4) is 11.5 Å². The van der Waals surface area contributed by atoms with E-state index in [0.717, 1.165) is 16.8 Å². The van der Waals surface area contributed by atoms with Gasteiger partial charge in [-0.1, -0.05) is 36.4 Å². The van der Waals surface area contributed by atoms with Gasteiger partial charge in [-0.2, -0.15) is 0 Å². The van der Waals surface area contributed by atoms with E-state index in [1.54, 1.807) is 18.5 Å². The van der Waals surface area contributed by atoms with Crippen LogP contribution in [-0.4, -0.2) is 23.5 Å². The number of ether oxygens (including phenoxy) is 1. The molecule has 0 radical (unpaired) electrons. The van der Waals surface area contributed by atoms with Crippen molar-refractivity contribution in [2.75, 3.05) is 6.54 Å². The lowest BCUT2D eigenvalue weighted by Crippen LogP contribution is -2.36. The largest absolute Gasteiger partial charge is 0.463 e. The van der Waals surface area contributed by atoms with Gasteiger partial charge in [0, 0.05) is 12.7 Å². The van der Waals surface area contributed by atoms with Crippen LogP contribution < -0.4 is 10.6 Å². The molecule has 0 saturated heterocycles. The van der Waals surface area contributed by atoms with E-state index in [1.165, 1.54) is 0 Å². The van der Waals surface area contributed by atoms with Gasteiger partial charge in [-0.3, -0.25) is 9.78 Å². The number of aromatic nitrogens is 1. The fraction of sp³-hybridized carbons (Fsp3) is 0.150. The van der Waals surface area contributed by atoms with Crippen molar-refractivity contribution in [3.63, 3.8) is 0 Å². The number of carbonyl (C=O) groups is 2. The summed E-state index contributed by atoms with van der Waals surface area (Å²) in [6.45, 7) is 0.304. The lowest BCUT2D eigenvalue weighted by Gasteiger charge is -2.08. The van der Waals surface area contributed by atoms with Gasteiger partial charge < -0.3 is 19.8 Å². The molecule has 0 unspecified atom stereocenters. The highest BCUT2D eigenvalue weighted by molar-refractivity contribution is 5.82. The van der Waals surface area contributed by atoms with Gasteiger partial charge in [-0.15, -0.1) is 0 Å². The average Bonchev–Trinajstić information content (AvgIpc) is 3.25. The monoisotopic (exact) mass is 365 g/mol. The molecule has 1 aromatic carbocycles. The van der Waals surface area contributed by atoms with Crippen LogP contribution >= 0.6 is 0 Å². The van der Waals surface area contributed by atoms with Crippen LogP contribution in [-0.2, 0) is 22.7 Å². The third-order valence-electron chi connectivity index (χ3n) is 3.69. The summed E-state index contributed by atoms with van der Waals surface area (Å²) in [6.07, 6.45) is 2.61. The highest BCUT2D eigenvalue weighted by Crippen LogP contribution is 2.16. The van der Waals surface area contributed by atoms with Crippen molar-refractivity contribution >= 4 is 12.0 Å². The van der Waals surface area contributed by atoms with Crippen LogP contribution in [0.3, 0.4) is 0 Å². The molecule has 0 bridgehead atoms. The maximum absolute atomic E-state index is 11.8. The summed E-state index contributed by atoms with van der Waals surface area (Å²) in [7, 11) is 0. The second-order valence-electron chi connectivity index (χ2n) is 5.72. The number of carbonyl (C=O) groups excluding carboxylic acids is 2. The lowest BCUT2D eigenvalue weighted by molar-refractivity contribution is -0.120. The predicted molar refractivity (Wildman–Crippen MR) is 98.4 cm³/mol. The Morgan fingerprint density at radius 2 is 1.81 bits per heavy atom. The third-order valence-corrected chi connectivity index (χ3v) is 3.69. The molecule has 0 aliphatic rings. The summed E-state index contributed by atoms with van der Waals surface area (Å²) >= 11 is 0. The van der Waals surface area contributed by atoms with Gasteiger partial charge in [0.15, 0.2) is 5.76 Å². The van der Waals surface area contributed by atoms with Gasteiger partial charge in [-0.25, -0.2) is 4.79 Å². The standard InChI is InChI=1S/C20H19N3O4/c24-19(13-23-20(25)27-14-15-5-2-1-3-6-15)22-12-16-8-9-17(21-11-16)18-7-4-10-26-18/h1-11H,12-14H2,(H,22,24)(H,23,25). The van der Waals surface area contributed by atoms with Crippen LogP contribution in [0.15, 0.2) is 71.5 Å². The third kappa shape index (κ3) is 5.71. The molecule has 3 aromatic rings. The summed E-state index contributed by atoms with van der Waals surface area (Å²) < 4.78 is 10.3. The van der Waals surface area contributed by atoms with Crippen molar-refractivity contribution in [3.05, 3.63) is 78.2 Å². The van der Waals surface area contributed by atoms with Crippen LogP contribution in [0, 0.1) is 0 Å². The number of pyridine rings is 1. The molecule has 0 fully saturated rings. The maximum Gasteiger partial charge on any atom is 0.407 e. The van der Waals surface area contributed by atoms with Crippen molar-refractivity contribution in [2.24, 2.45) is 0 Å². The zero-order chi connectivity index (χ0) is 18.9. The lowest BCUT2D eigenvalue weighted by atomic mass is 10.2. The molecule has 0 aliphatic heterocycles. The Bertz CT molecular complexity index is 862. The zero-order valence-corrected chi connectivity index (χ0v) is 14.6. The van der Waals surface area contributed by atoms with Gasteiger partial charge in [0.2, 0.25) is 5.91 Å². The van der Waals surface area contributed by atoms with Gasteiger partial charge in [0.1, 0.15) is 18.8 Å². The summed E-state index contributed by atoms with van der Waals surface area (Å²) in [5, 5.41) is 5.13. The van der Waals surface area contributed by atoms with E-state index >= 15 is 0 Å². The quantitative estimate of drug-likeness (QED) is 0.671. The van der Waals surface area contributed by atoms with Crippen molar-refractivity contribution in [2.45, 2.75) is 13.2 Å². The molecule has 0 atom stereocenters. The number of hydrogen-bond acceptors (Lipinski definition) is 5. The molecule has 2 heterocycles. The molecule has 2 amide bonds. The molecule has 27 heavy (non-hydrogen) atoms. The second-order valence-corrected chi connectivity index (χ2v) is 5.72. The Balaban J connectivity index is 1.36. The van der Waals surface area contributed by atoms with E-state index < -0.39 is 6.09 Å². The van der Waals surface area contributed by atoms with Crippen LogP contribution in [0.1, 0.15) is 11.1 Å². The first-order valence-electron chi connectivity index (χ1n) is 8.41. The molecule has 0 spiro atoms. The minimum absolute atomic E-state index is 0.155. The van der Waals surface area contributed by atoms with Gasteiger partial charge in [0.05, 0.1) is 6.26 Å². The van der Waals surface area contributed by atoms with Gasteiger partial charge in [0.25, 0.3) is 0 Å². The fourth-order valence-electron chi connectivity index (χ4n) is 2.29. The zero-order valence-electron chi connectivity index (χ0n) is 14.6. The highest BCUT2D eigenvalue weighted by Gasteiger charge is 2.07. The normalized spacial score (nSPS) is 10.2. The van der Waals surface area contributed by atoms with Gasteiger partial charge in [-0.05, 0) is 29.3 Å². The number of nitrogens with zero attached hydrogens (tertiary/aromatic N) is 1. The van der Waals surface area contributed by atoms with E-state index in [-0.39, 0.29) is 19.1 Å². The Morgan fingerprint density at radius 3 is 2.52 bits per heavy atom. The Kier molecular flexibility index (Phi) is 6.19. The SMILES string of the molecule is O=C(CNC(=O)OCc1ccccc1)NCc1ccc(-c2ccco2)nc1. The molecule has 3 rings (SSSR count). The summed E-state index contributed by atoms with van der Waals surface area (Å²) in [4.78, 5) is 27.7. The minimum Gasteiger partial charge on any atom is -0.463 e. The summed E-state index contributed by atoms with van der Waals surface area (Å²) in [6, 6.07) is 16.6. The van der Waals surface area contributed by atoms with E-state index in [1.807, 2.05) is 48.5 Å². The van der Waals surface area contributed by atoms with Crippen LogP contribution in [0.2, 0.25) is 0 Å². The minimum atomic E-state index is -0.640. The number of benzene rings is 1. The number of furan rings is 1. The van der Waals surface area contributed by atoms with Crippen molar-refractivity contribution in [1.82, 2.24) is 15.6 Å². The molecule has 2 N–H and O–H groups in total. The van der Waals surface area contributed by atoms with Crippen molar-refractivity contribution in [1.29, 1.82) is 0 Å². The van der Waals surface area contributed by atoms with Crippen LogP contribution in [0.25, 0.3) is 11.5 Å². The first-order valence-corrected chi connectivity index (χ1v) is 8.41. The fourth-order valence-corrected chi connectivity index (χ4v) is 2.29. The molecule has 0 aliphatic carbocycles. The van der Waals surface area contributed by atoms with Gasteiger partial charge >= 0.3 is 6.09 Å². The van der Waals surface area contributed by atoms with E-state index in [4.69, 9.17) is 9.15 Å². The Labute approximate surface area is 156 Å². The molecule has 7 nitrogen and oxygen atoms in total. The molecular formula is C20H19N3O4. The maximum atomic E-state index is 11.8. The van der Waals surface area contributed by atoms with Crippen molar-refractivity contribution < 1.29 is 18.7 Å². The molecule has 2 aromatic heterocycles. The van der Waals surface area contributed by atoms with Crippen LogP contribution in [0.4, 0.5) is 4.79 Å². The smallest absolute Gasteiger partial charge is 0.407 e. The highest BCUT2D eigenvalue weighted by atomic mass is 16.5. The number of amides is 2. The van der Waals surface area contributed by atoms with E-state index in [0.29, 0.717) is 12.3 Å². The first kappa shape index (κ1) is 18.2. The summed E-state index contributed by atoms with van der Waals surface area (Å²) in [5.74, 6) is 0.366. The number of rotatable bonds is 7. The summed E-state index contributed by atoms with van der Waals surface area (Å²) in [5.41, 5.74) is 2.44. The molecule has 7 heteroatoms.